The topological polar surface area (TPSA) is 75.0 Å². The van der Waals surface area contributed by atoms with Crippen LogP contribution in [0.15, 0.2) is 73.1 Å². The Hall–Kier alpha value is -3.76. The van der Waals surface area contributed by atoms with Crippen molar-refractivity contribution in [1.29, 1.82) is 0 Å². The van der Waals surface area contributed by atoms with Gasteiger partial charge in [0.05, 0.1) is 24.1 Å². The highest BCUT2D eigenvalue weighted by molar-refractivity contribution is 5.85. The Kier molecular flexibility index (Phi) is 6.47. The SMILES string of the molecule is CCOC(=O)C(Cc1ccccc1)(c1ccnc2c(-c3ccc(C(F)(F)F)cc3)cnn12)C1OC(C)O1. The minimum atomic E-state index is -4.44. The van der Waals surface area contributed by atoms with Crippen molar-refractivity contribution >= 4 is 11.6 Å². The van der Waals surface area contributed by atoms with Crippen LogP contribution in [0.2, 0.25) is 0 Å². The molecule has 10 heteroatoms. The van der Waals surface area contributed by atoms with Gasteiger partial charge in [0, 0.05) is 11.8 Å². The molecule has 0 saturated carbocycles. The molecule has 1 aliphatic rings. The highest BCUT2D eigenvalue weighted by Crippen LogP contribution is 2.42. The average molecular weight is 512 g/mol. The summed E-state index contributed by atoms with van der Waals surface area (Å²) in [5.41, 5.74) is 0.468. The molecule has 5 rings (SSSR count). The number of hydrogen-bond acceptors (Lipinski definition) is 6. The molecule has 37 heavy (non-hydrogen) atoms. The number of aromatic nitrogens is 3. The zero-order valence-electron chi connectivity index (χ0n) is 20.1. The summed E-state index contributed by atoms with van der Waals surface area (Å²) < 4.78 is 58.0. The molecule has 0 N–H and O–H groups in total. The van der Waals surface area contributed by atoms with Gasteiger partial charge < -0.3 is 14.2 Å². The Bertz CT molecular complexity index is 1400. The molecule has 0 radical (unpaired) electrons. The second-order valence-electron chi connectivity index (χ2n) is 8.72. The van der Waals surface area contributed by atoms with Crippen molar-refractivity contribution in [3.63, 3.8) is 0 Å². The lowest BCUT2D eigenvalue weighted by Crippen LogP contribution is -2.59. The summed E-state index contributed by atoms with van der Waals surface area (Å²) in [5.74, 6) is -0.546. The van der Waals surface area contributed by atoms with E-state index in [0.717, 1.165) is 17.7 Å². The standard InChI is InChI=1S/C27H24F3N3O4/c1-3-35-24(34)26(25-36-17(2)37-25,15-18-7-5-4-6-8-18)22-13-14-31-23-21(16-32-33(22)23)19-9-11-20(12-10-19)27(28,29)30/h4-14,16-17,25H,3,15H2,1-2H3. The Labute approximate surface area is 210 Å². The number of fused-ring (bicyclic) bond motifs is 1. The van der Waals surface area contributed by atoms with Gasteiger partial charge in [-0.25, -0.2) is 9.50 Å². The van der Waals surface area contributed by atoms with Crippen LogP contribution in [0.5, 0.6) is 0 Å². The van der Waals surface area contributed by atoms with E-state index in [4.69, 9.17) is 14.2 Å². The lowest BCUT2D eigenvalue weighted by Gasteiger charge is -2.45. The van der Waals surface area contributed by atoms with E-state index in [9.17, 15) is 18.0 Å². The highest BCUT2D eigenvalue weighted by atomic mass is 19.4. The van der Waals surface area contributed by atoms with Gasteiger partial charge in [-0.3, -0.25) is 4.79 Å². The van der Waals surface area contributed by atoms with Crippen LogP contribution in [0.4, 0.5) is 13.2 Å². The molecule has 2 aromatic carbocycles. The molecular weight excluding hydrogens is 487 g/mol. The molecule has 2 aromatic heterocycles. The molecule has 4 aromatic rings. The molecule has 0 aliphatic carbocycles. The fourth-order valence-corrected chi connectivity index (χ4v) is 4.61. The summed E-state index contributed by atoms with van der Waals surface area (Å²) in [4.78, 5) is 18.2. The third-order valence-electron chi connectivity index (χ3n) is 6.38. The van der Waals surface area contributed by atoms with Gasteiger partial charge in [0.2, 0.25) is 0 Å². The van der Waals surface area contributed by atoms with Gasteiger partial charge in [0.15, 0.2) is 23.6 Å². The van der Waals surface area contributed by atoms with Crippen molar-refractivity contribution in [1.82, 2.24) is 14.6 Å². The van der Waals surface area contributed by atoms with Gasteiger partial charge in [-0.1, -0.05) is 42.5 Å². The third-order valence-corrected chi connectivity index (χ3v) is 6.38. The van der Waals surface area contributed by atoms with Crippen LogP contribution >= 0.6 is 0 Å². The maximum absolute atomic E-state index is 13.7. The fraction of sp³-hybridized carbons (Fsp3) is 0.296. The molecule has 1 atom stereocenters. The molecule has 192 valence electrons. The Morgan fingerprint density at radius 1 is 1.05 bits per heavy atom. The molecule has 3 heterocycles. The first-order chi connectivity index (χ1) is 17.7. The largest absolute Gasteiger partial charge is 0.465 e. The van der Waals surface area contributed by atoms with E-state index in [1.165, 1.54) is 29.0 Å². The molecular formula is C27H24F3N3O4. The smallest absolute Gasteiger partial charge is 0.416 e. The van der Waals surface area contributed by atoms with E-state index in [1.807, 2.05) is 30.3 Å². The van der Waals surface area contributed by atoms with E-state index < -0.39 is 35.7 Å². The van der Waals surface area contributed by atoms with Gasteiger partial charge in [-0.15, -0.1) is 0 Å². The van der Waals surface area contributed by atoms with Crippen LogP contribution < -0.4 is 0 Å². The number of halogens is 3. The normalized spacial score (nSPS) is 19.3. The van der Waals surface area contributed by atoms with Gasteiger partial charge in [-0.2, -0.15) is 18.3 Å². The van der Waals surface area contributed by atoms with Crippen LogP contribution in [-0.4, -0.2) is 39.8 Å². The van der Waals surface area contributed by atoms with E-state index in [-0.39, 0.29) is 13.0 Å². The van der Waals surface area contributed by atoms with Gasteiger partial charge in [-0.05, 0) is 49.6 Å². The monoisotopic (exact) mass is 511 g/mol. The number of ether oxygens (including phenoxy) is 3. The Morgan fingerprint density at radius 2 is 1.76 bits per heavy atom. The average Bonchev–Trinajstić information content (AvgIpc) is 3.30. The van der Waals surface area contributed by atoms with Crippen molar-refractivity contribution in [3.05, 3.63) is 89.9 Å². The maximum atomic E-state index is 13.7. The van der Waals surface area contributed by atoms with Gasteiger partial charge in [0.25, 0.3) is 0 Å². The quantitative estimate of drug-likeness (QED) is 0.319. The van der Waals surface area contributed by atoms with Crippen molar-refractivity contribution in [2.45, 2.75) is 44.4 Å². The minimum Gasteiger partial charge on any atom is -0.465 e. The van der Waals surface area contributed by atoms with Crippen LogP contribution in [-0.2, 0) is 37.0 Å². The number of rotatable bonds is 7. The van der Waals surface area contributed by atoms with Crippen LogP contribution in [0.25, 0.3) is 16.8 Å². The highest BCUT2D eigenvalue weighted by Gasteiger charge is 2.57. The van der Waals surface area contributed by atoms with Crippen LogP contribution in [0, 0.1) is 0 Å². The molecule has 1 aliphatic heterocycles. The lowest BCUT2D eigenvalue weighted by molar-refractivity contribution is -0.395. The molecule has 1 unspecified atom stereocenters. The van der Waals surface area contributed by atoms with E-state index in [0.29, 0.717) is 22.5 Å². The zero-order valence-corrected chi connectivity index (χ0v) is 20.1. The van der Waals surface area contributed by atoms with E-state index in [2.05, 4.69) is 10.1 Å². The molecule has 1 fully saturated rings. The molecule has 1 saturated heterocycles. The maximum Gasteiger partial charge on any atom is 0.416 e. The number of benzene rings is 2. The first kappa shape index (κ1) is 24.9. The molecule has 0 spiro atoms. The summed E-state index contributed by atoms with van der Waals surface area (Å²) in [6, 6.07) is 15.8. The van der Waals surface area contributed by atoms with Crippen LogP contribution in [0.3, 0.4) is 0 Å². The minimum absolute atomic E-state index is 0.141. The Morgan fingerprint density at radius 3 is 2.38 bits per heavy atom. The number of nitrogens with zero attached hydrogens (tertiary/aromatic N) is 3. The van der Waals surface area contributed by atoms with Crippen molar-refractivity contribution in [3.8, 4) is 11.1 Å². The fourth-order valence-electron chi connectivity index (χ4n) is 4.61. The molecule has 0 amide bonds. The number of carbonyl (C=O) groups is 1. The van der Waals surface area contributed by atoms with Gasteiger partial charge >= 0.3 is 12.1 Å². The number of esters is 1. The van der Waals surface area contributed by atoms with Gasteiger partial charge in [0.1, 0.15) is 0 Å². The zero-order chi connectivity index (χ0) is 26.2. The predicted octanol–water partition coefficient (Wildman–Crippen LogP) is 5.18. The summed E-state index contributed by atoms with van der Waals surface area (Å²) >= 11 is 0. The van der Waals surface area contributed by atoms with Crippen LogP contribution in [0.1, 0.15) is 30.7 Å². The lowest BCUT2D eigenvalue weighted by atomic mass is 9.76. The summed E-state index contributed by atoms with van der Waals surface area (Å²) in [6.45, 7) is 3.59. The number of carbonyl (C=O) groups excluding carboxylic acids is 1. The summed E-state index contributed by atoms with van der Waals surface area (Å²) in [5, 5.41) is 4.49. The second kappa shape index (κ2) is 9.60. The summed E-state index contributed by atoms with van der Waals surface area (Å²) in [6.07, 6.45) is -2.67. The van der Waals surface area contributed by atoms with Crippen molar-refractivity contribution in [2.75, 3.05) is 6.61 Å². The Balaban J connectivity index is 1.67. The summed E-state index contributed by atoms with van der Waals surface area (Å²) in [7, 11) is 0. The van der Waals surface area contributed by atoms with E-state index in [1.54, 1.807) is 19.9 Å². The molecule has 0 bridgehead atoms. The molecule has 7 nitrogen and oxygen atoms in total. The predicted molar refractivity (Wildman–Crippen MR) is 127 cm³/mol. The van der Waals surface area contributed by atoms with Crippen molar-refractivity contribution in [2.24, 2.45) is 0 Å². The first-order valence-corrected chi connectivity index (χ1v) is 11.8. The second-order valence-corrected chi connectivity index (χ2v) is 8.72. The van der Waals surface area contributed by atoms with E-state index >= 15 is 0 Å². The van der Waals surface area contributed by atoms with Crippen molar-refractivity contribution < 1.29 is 32.2 Å². The number of hydrogen-bond donors (Lipinski definition) is 0. The third kappa shape index (κ3) is 4.47. The number of alkyl halides is 3. The first-order valence-electron chi connectivity index (χ1n) is 11.8.